The van der Waals surface area contributed by atoms with Crippen LogP contribution in [0.2, 0.25) is 0 Å². The number of nitrogens with zero attached hydrogens (tertiary/aromatic N) is 2. The molecule has 7 heteroatoms. The lowest BCUT2D eigenvalue weighted by Gasteiger charge is -2.40. The molecular formula is C25H36FN3O2S. The van der Waals surface area contributed by atoms with Crippen molar-refractivity contribution >= 4 is 17.4 Å². The van der Waals surface area contributed by atoms with Gasteiger partial charge in [0, 0.05) is 40.3 Å². The summed E-state index contributed by atoms with van der Waals surface area (Å²) < 4.78 is 18.9. The van der Waals surface area contributed by atoms with Crippen LogP contribution < -0.4 is 5.32 Å². The van der Waals surface area contributed by atoms with Gasteiger partial charge in [-0.05, 0) is 91.1 Å². The second kappa shape index (κ2) is 9.87. The van der Waals surface area contributed by atoms with E-state index in [1.54, 1.807) is 0 Å². The van der Waals surface area contributed by atoms with Gasteiger partial charge < -0.3 is 10.1 Å². The Bertz CT molecular complexity index is 912. The molecule has 3 heterocycles. The van der Waals surface area contributed by atoms with Gasteiger partial charge in [0.05, 0.1) is 6.10 Å². The quantitative estimate of drug-likeness (QED) is 0.550. The Morgan fingerprint density at radius 2 is 2.06 bits per heavy atom. The van der Waals surface area contributed by atoms with E-state index >= 15 is 0 Å². The molecule has 0 bridgehead atoms. The molecule has 1 fully saturated rings. The Balaban J connectivity index is 1.80. The zero-order valence-electron chi connectivity index (χ0n) is 20.1. The molecule has 2 atom stereocenters. The molecule has 176 valence electrons. The topological polar surface area (TPSA) is 54.5 Å². The normalized spacial score (nSPS) is 20.5. The number of halogens is 1. The fourth-order valence-corrected chi connectivity index (χ4v) is 5.32. The number of hydrogen-bond donors (Lipinski definition) is 1. The van der Waals surface area contributed by atoms with E-state index in [1.165, 1.54) is 23.0 Å². The van der Waals surface area contributed by atoms with E-state index in [-0.39, 0.29) is 34.3 Å². The van der Waals surface area contributed by atoms with Gasteiger partial charge in [-0.25, -0.2) is 4.79 Å². The lowest BCUT2D eigenvalue weighted by atomic mass is 9.76. The van der Waals surface area contributed by atoms with Gasteiger partial charge in [0.25, 0.3) is 0 Å². The number of amides is 1. The summed E-state index contributed by atoms with van der Waals surface area (Å²) in [7, 11) is 0. The van der Waals surface area contributed by atoms with Gasteiger partial charge in [0.15, 0.2) is 5.13 Å². The van der Waals surface area contributed by atoms with Crippen LogP contribution in [0.1, 0.15) is 63.6 Å². The average Bonchev–Trinajstić information content (AvgIpc) is 3.33. The number of aromatic nitrogens is 1. The second-order valence-corrected chi connectivity index (χ2v) is 10.9. The first kappa shape index (κ1) is 24.6. The number of carbonyl (C=O) groups is 1. The van der Waals surface area contributed by atoms with E-state index in [4.69, 9.17) is 4.74 Å². The fourth-order valence-electron chi connectivity index (χ4n) is 4.60. The van der Waals surface area contributed by atoms with E-state index in [1.807, 2.05) is 33.0 Å². The van der Waals surface area contributed by atoms with Crippen molar-refractivity contribution in [3.05, 3.63) is 51.7 Å². The first-order valence-corrected chi connectivity index (χ1v) is 12.2. The van der Waals surface area contributed by atoms with Crippen LogP contribution in [-0.2, 0) is 16.7 Å². The maximum Gasteiger partial charge on any atom is 0.407 e. The van der Waals surface area contributed by atoms with Crippen LogP contribution in [0.4, 0.5) is 9.18 Å². The number of likely N-dealkylation sites (tertiary alicyclic amines) is 1. The number of carbonyl (C=O) groups excluding carboxylic acids is 1. The highest BCUT2D eigenvalue weighted by molar-refractivity contribution is 7.10. The summed E-state index contributed by atoms with van der Waals surface area (Å²) in [5.74, 6) is 0. The number of ether oxygens (including phenoxy) is 1. The molecule has 0 aromatic carbocycles. The number of aryl methyl sites for hydroxylation is 2. The van der Waals surface area contributed by atoms with Gasteiger partial charge >= 0.3 is 6.09 Å². The summed E-state index contributed by atoms with van der Waals surface area (Å²) in [6.07, 6.45) is 4.03. The summed E-state index contributed by atoms with van der Waals surface area (Å²) in [4.78, 5) is 20.4. The lowest BCUT2D eigenvalue weighted by Crippen LogP contribution is -2.50. The summed E-state index contributed by atoms with van der Waals surface area (Å²) in [5.41, 5.74) is 1.87. The highest BCUT2D eigenvalue weighted by atomic mass is 32.1. The van der Waals surface area contributed by atoms with Crippen LogP contribution in [-0.4, -0.2) is 41.2 Å². The third kappa shape index (κ3) is 5.67. The third-order valence-electron chi connectivity index (χ3n) is 6.89. The Morgan fingerprint density at radius 3 is 2.66 bits per heavy atom. The van der Waals surface area contributed by atoms with E-state index in [9.17, 15) is 9.18 Å². The molecule has 1 amide bonds. The Labute approximate surface area is 195 Å². The van der Waals surface area contributed by atoms with Crippen LogP contribution in [0.5, 0.6) is 0 Å². The van der Waals surface area contributed by atoms with Crippen LogP contribution in [0.15, 0.2) is 30.5 Å². The number of hydrogen-bond acceptors (Lipinski definition) is 5. The van der Waals surface area contributed by atoms with Crippen LogP contribution in [0.3, 0.4) is 0 Å². The first-order valence-electron chi connectivity index (χ1n) is 11.4. The standard InChI is InChI=1S/C25H36FN3O2S/c1-17(2)31-23(30)28-19(4)25(12-11-21-9-10-22(26)32-21)13-14-29(16-25)24(5,6)20-8-7-18(3)27-15-20/h7-10,15,17,19H,11-14,16H2,1-6H3,(H,28,30)/t19-,25-/m1/s1. The number of thiophene rings is 1. The minimum Gasteiger partial charge on any atom is -0.447 e. The molecule has 0 radical (unpaired) electrons. The molecule has 1 saturated heterocycles. The predicted octanol–water partition coefficient (Wildman–Crippen LogP) is 5.67. The lowest BCUT2D eigenvalue weighted by molar-refractivity contribution is 0.0892. The van der Waals surface area contributed by atoms with Crippen molar-refractivity contribution in [3.63, 3.8) is 0 Å². The smallest absolute Gasteiger partial charge is 0.407 e. The molecule has 5 nitrogen and oxygen atoms in total. The Kier molecular flexibility index (Phi) is 7.61. The number of alkyl carbamates (subject to hydrolysis) is 1. The molecule has 0 aliphatic carbocycles. The molecule has 0 unspecified atom stereocenters. The van der Waals surface area contributed by atoms with Crippen LogP contribution in [0, 0.1) is 17.5 Å². The predicted molar refractivity (Wildman–Crippen MR) is 127 cm³/mol. The van der Waals surface area contributed by atoms with E-state index < -0.39 is 0 Å². The Hall–Kier alpha value is -1.99. The molecule has 3 rings (SSSR count). The second-order valence-electron chi connectivity index (χ2n) is 9.81. The van der Waals surface area contributed by atoms with Gasteiger partial charge in [-0.3, -0.25) is 9.88 Å². The van der Waals surface area contributed by atoms with E-state index in [2.05, 4.69) is 48.1 Å². The summed E-state index contributed by atoms with van der Waals surface area (Å²) in [5, 5.41) is 2.93. The average molecular weight is 462 g/mol. The zero-order chi connectivity index (χ0) is 23.5. The third-order valence-corrected chi connectivity index (χ3v) is 7.82. The largest absolute Gasteiger partial charge is 0.447 e. The number of nitrogens with one attached hydrogen (secondary N) is 1. The van der Waals surface area contributed by atoms with Crippen molar-refractivity contribution in [2.24, 2.45) is 5.41 Å². The van der Waals surface area contributed by atoms with Gasteiger partial charge in [0.2, 0.25) is 0 Å². The van der Waals surface area contributed by atoms with Gasteiger partial charge in [-0.2, -0.15) is 4.39 Å². The monoisotopic (exact) mass is 461 g/mol. The molecular weight excluding hydrogens is 425 g/mol. The Morgan fingerprint density at radius 1 is 1.31 bits per heavy atom. The molecule has 1 aliphatic heterocycles. The summed E-state index contributed by atoms with van der Waals surface area (Å²) in [6.45, 7) is 14.0. The molecule has 2 aromatic rings. The van der Waals surface area contributed by atoms with Gasteiger partial charge in [0.1, 0.15) is 0 Å². The van der Waals surface area contributed by atoms with Crippen molar-refractivity contribution in [1.29, 1.82) is 0 Å². The van der Waals surface area contributed by atoms with Gasteiger partial charge in [-0.15, -0.1) is 11.3 Å². The SMILES string of the molecule is Cc1ccc(C(C)(C)N2CC[C@@](CCc3ccc(F)s3)([C@@H](C)NC(=O)OC(C)C)C2)cn1. The maximum absolute atomic E-state index is 13.5. The molecule has 0 saturated carbocycles. The highest BCUT2D eigenvalue weighted by Crippen LogP contribution is 2.44. The van der Waals surface area contributed by atoms with Crippen molar-refractivity contribution in [1.82, 2.24) is 15.2 Å². The van der Waals surface area contributed by atoms with Gasteiger partial charge in [-0.1, -0.05) is 6.07 Å². The summed E-state index contributed by atoms with van der Waals surface area (Å²) in [6, 6.07) is 7.53. The molecule has 32 heavy (non-hydrogen) atoms. The first-order chi connectivity index (χ1) is 15.0. The molecule has 1 aliphatic rings. The molecule has 2 aromatic heterocycles. The van der Waals surface area contributed by atoms with E-state index in [0.29, 0.717) is 0 Å². The van der Waals surface area contributed by atoms with Crippen molar-refractivity contribution in [2.45, 2.75) is 78.5 Å². The fraction of sp³-hybridized carbons (Fsp3) is 0.600. The number of pyridine rings is 1. The minimum absolute atomic E-state index is 0.0736. The van der Waals surface area contributed by atoms with Crippen molar-refractivity contribution in [2.75, 3.05) is 13.1 Å². The molecule has 0 spiro atoms. The van der Waals surface area contributed by atoms with Crippen LogP contribution in [0.25, 0.3) is 0 Å². The molecule has 1 N–H and O–H groups in total. The maximum atomic E-state index is 13.5. The van der Waals surface area contributed by atoms with Crippen molar-refractivity contribution < 1.29 is 13.9 Å². The van der Waals surface area contributed by atoms with Crippen molar-refractivity contribution in [3.8, 4) is 0 Å². The van der Waals surface area contributed by atoms with Crippen LogP contribution >= 0.6 is 11.3 Å². The minimum atomic E-state index is -0.380. The highest BCUT2D eigenvalue weighted by Gasteiger charge is 2.47. The zero-order valence-corrected chi connectivity index (χ0v) is 20.9. The van der Waals surface area contributed by atoms with E-state index in [0.717, 1.165) is 42.9 Å². The number of rotatable bonds is 8. The summed E-state index contributed by atoms with van der Waals surface area (Å²) >= 11 is 1.21.